The molecule has 0 aliphatic carbocycles. The van der Waals surface area contributed by atoms with Gasteiger partial charge in [-0.25, -0.2) is 4.79 Å². The van der Waals surface area contributed by atoms with Gasteiger partial charge in [-0.05, 0) is 43.3 Å². The highest BCUT2D eigenvalue weighted by Crippen LogP contribution is 2.23. The van der Waals surface area contributed by atoms with Gasteiger partial charge < -0.3 is 19.9 Å². The van der Waals surface area contributed by atoms with Gasteiger partial charge in [-0.1, -0.05) is 44.2 Å². The predicted octanol–water partition coefficient (Wildman–Crippen LogP) is 1.32. The van der Waals surface area contributed by atoms with Crippen molar-refractivity contribution in [3.63, 3.8) is 0 Å². The molecule has 3 rings (SSSR count). The Morgan fingerprint density at radius 3 is 2.39 bits per heavy atom. The van der Waals surface area contributed by atoms with Crippen LogP contribution >= 0.6 is 0 Å². The molecule has 0 saturated carbocycles. The fraction of sp³-hybridized carbons (Fsp3) is 0.296. The second kappa shape index (κ2) is 14.5. The summed E-state index contributed by atoms with van der Waals surface area (Å²) in [4.78, 5) is 37.9. The summed E-state index contributed by atoms with van der Waals surface area (Å²) in [5, 5.41) is 21.0. The molecule has 0 radical (unpaired) electrons. The Labute approximate surface area is 219 Å². The van der Waals surface area contributed by atoms with Crippen LogP contribution in [-0.4, -0.2) is 37.4 Å². The van der Waals surface area contributed by atoms with Crippen molar-refractivity contribution in [1.82, 2.24) is 5.32 Å². The van der Waals surface area contributed by atoms with E-state index in [-0.39, 0.29) is 22.9 Å². The minimum Gasteiger partial charge on any atom is -0.461 e. The van der Waals surface area contributed by atoms with Gasteiger partial charge in [0.1, 0.15) is 12.0 Å². The number of ether oxygens (including phenoxy) is 2. The standard InChI is InChI=1S/C27H31N5O6/c1-3-16-37-26(35)19-10-6-8-12-21(19)30-32-24-23(33)14-13-22(25(24)34)31-29-20-11-7-5-9-18(20)27(36)38-17-15-28-4-2/h5-14,26,28-30,35H,3-4,15-17H2,1-2H3. The highest BCUT2D eigenvalue weighted by Gasteiger charge is 2.13. The number of nitrogens with zero attached hydrogens (tertiary/aromatic N) is 2. The summed E-state index contributed by atoms with van der Waals surface area (Å²) in [6, 6.07) is 15.7. The van der Waals surface area contributed by atoms with Crippen molar-refractivity contribution in [3.8, 4) is 0 Å². The number of nitrogens with one attached hydrogen (secondary N) is 3. The molecule has 1 atom stereocenters. The van der Waals surface area contributed by atoms with E-state index in [1.54, 1.807) is 48.5 Å². The number of hydrogen-bond donors (Lipinski definition) is 4. The summed E-state index contributed by atoms with van der Waals surface area (Å²) in [6.07, 6.45) is -0.477. The molecule has 0 bridgehead atoms. The van der Waals surface area contributed by atoms with Crippen molar-refractivity contribution in [1.29, 1.82) is 0 Å². The number of likely N-dealkylation sites (N-methyl/N-ethyl adjacent to an activating group) is 1. The third-order valence-corrected chi connectivity index (χ3v) is 5.27. The summed E-state index contributed by atoms with van der Waals surface area (Å²) < 4.78 is 10.6. The van der Waals surface area contributed by atoms with E-state index in [4.69, 9.17) is 9.47 Å². The fourth-order valence-corrected chi connectivity index (χ4v) is 3.34. The maximum Gasteiger partial charge on any atom is 0.340 e. The summed E-state index contributed by atoms with van der Waals surface area (Å²) in [7, 11) is 0. The van der Waals surface area contributed by atoms with E-state index in [1.165, 1.54) is 12.1 Å². The van der Waals surface area contributed by atoms with Gasteiger partial charge in [0.05, 0.1) is 16.9 Å². The van der Waals surface area contributed by atoms with Gasteiger partial charge in [0.25, 0.3) is 0 Å². The van der Waals surface area contributed by atoms with Crippen LogP contribution in [0.1, 0.15) is 42.5 Å². The molecule has 0 aromatic heterocycles. The van der Waals surface area contributed by atoms with E-state index in [0.29, 0.717) is 30.1 Å². The van der Waals surface area contributed by atoms with E-state index in [1.807, 2.05) is 13.8 Å². The molecule has 0 amide bonds. The maximum absolute atomic E-state index is 13.0. The summed E-state index contributed by atoms with van der Waals surface area (Å²) >= 11 is 0. The number of para-hydroxylation sites is 2. The van der Waals surface area contributed by atoms with Crippen LogP contribution in [0.15, 0.2) is 80.5 Å². The monoisotopic (exact) mass is 521 g/mol. The van der Waals surface area contributed by atoms with Crippen molar-refractivity contribution in [2.45, 2.75) is 26.6 Å². The lowest BCUT2D eigenvalue weighted by atomic mass is 10.2. The van der Waals surface area contributed by atoms with Gasteiger partial charge in [-0.2, -0.15) is 10.2 Å². The lowest BCUT2D eigenvalue weighted by Gasteiger charge is -2.15. The molecule has 3 aromatic rings. The molecule has 11 heteroatoms. The van der Waals surface area contributed by atoms with Gasteiger partial charge in [0.2, 0.25) is 10.9 Å². The molecule has 4 N–H and O–H groups in total. The highest BCUT2D eigenvalue weighted by atomic mass is 16.6. The third kappa shape index (κ3) is 7.65. The van der Waals surface area contributed by atoms with Crippen LogP contribution in [0.2, 0.25) is 0 Å². The van der Waals surface area contributed by atoms with E-state index in [9.17, 15) is 19.5 Å². The first-order chi connectivity index (χ1) is 18.5. The average molecular weight is 522 g/mol. The second-order valence-electron chi connectivity index (χ2n) is 8.05. The third-order valence-electron chi connectivity index (χ3n) is 5.27. The predicted molar refractivity (Wildman–Crippen MR) is 143 cm³/mol. The van der Waals surface area contributed by atoms with E-state index in [0.717, 1.165) is 13.0 Å². The van der Waals surface area contributed by atoms with Crippen LogP contribution in [0.4, 0.5) is 11.4 Å². The zero-order valence-electron chi connectivity index (χ0n) is 21.3. The molecule has 3 aromatic carbocycles. The number of anilines is 2. The number of aliphatic hydroxyl groups excluding tert-OH is 1. The van der Waals surface area contributed by atoms with Crippen molar-refractivity contribution in [2.24, 2.45) is 10.2 Å². The number of carbonyl (C=O) groups is 1. The lowest BCUT2D eigenvalue weighted by Crippen LogP contribution is -2.48. The molecule has 0 aliphatic heterocycles. The van der Waals surface area contributed by atoms with Crippen LogP contribution in [0.5, 0.6) is 0 Å². The van der Waals surface area contributed by atoms with Gasteiger partial charge in [0, 0.05) is 18.7 Å². The van der Waals surface area contributed by atoms with E-state index in [2.05, 4.69) is 26.4 Å². The number of aliphatic hydroxyl groups is 1. The van der Waals surface area contributed by atoms with Crippen molar-refractivity contribution in [3.05, 3.63) is 103 Å². The van der Waals surface area contributed by atoms with Crippen LogP contribution in [0.3, 0.4) is 0 Å². The first kappa shape index (κ1) is 28.4. The molecule has 0 heterocycles. The first-order valence-electron chi connectivity index (χ1n) is 12.3. The largest absolute Gasteiger partial charge is 0.461 e. The lowest BCUT2D eigenvalue weighted by molar-refractivity contribution is -0.102. The van der Waals surface area contributed by atoms with Crippen LogP contribution < -0.4 is 37.7 Å². The van der Waals surface area contributed by atoms with Gasteiger partial charge in [-0.3, -0.25) is 20.4 Å². The SMILES string of the molecule is CCCOC(O)c1ccccc1NN=c1c(=O)ccc(=NNc2ccccc2C(=O)OCCNCC)c1=O. The minimum atomic E-state index is -1.20. The second-order valence-corrected chi connectivity index (χ2v) is 8.05. The zero-order chi connectivity index (χ0) is 27.3. The Kier molecular flexibility index (Phi) is 10.8. The van der Waals surface area contributed by atoms with E-state index < -0.39 is 23.1 Å². The van der Waals surface area contributed by atoms with Gasteiger partial charge in [-0.15, -0.1) is 0 Å². The van der Waals surface area contributed by atoms with Crippen molar-refractivity contribution < 1.29 is 19.4 Å². The molecule has 0 saturated heterocycles. The summed E-state index contributed by atoms with van der Waals surface area (Å²) in [6.45, 7) is 5.72. The molecule has 0 spiro atoms. The number of benzene rings is 3. The molecule has 0 aliphatic rings. The molecule has 1 unspecified atom stereocenters. The topological polar surface area (TPSA) is 151 Å². The van der Waals surface area contributed by atoms with Crippen molar-refractivity contribution in [2.75, 3.05) is 37.2 Å². The van der Waals surface area contributed by atoms with Crippen LogP contribution in [0, 0.1) is 0 Å². The van der Waals surface area contributed by atoms with Crippen LogP contribution in [-0.2, 0) is 9.47 Å². The maximum atomic E-state index is 13.0. The van der Waals surface area contributed by atoms with E-state index >= 15 is 0 Å². The quantitative estimate of drug-likeness (QED) is 0.113. The summed E-state index contributed by atoms with van der Waals surface area (Å²) in [5.74, 6) is -0.540. The van der Waals surface area contributed by atoms with Gasteiger partial charge in [0.15, 0.2) is 11.6 Å². The average Bonchev–Trinajstić information content (AvgIpc) is 2.93. The smallest absolute Gasteiger partial charge is 0.340 e. The van der Waals surface area contributed by atoms with Gasteiger partial charge >= 0.3 is 5.97 Å². The molecular weight excluding hydrogens is 490 g/mol. The van der Waals surface area contributed by atoms with Crippen molar-refractivity contribution >= 4 is 17.3 Å². The molecular formula is C27H31N5O6. The Hall–Kier alpha value is -4.19. The van der Waals surface area contributed by atoms with Crippen LogP contribution in [0.25, 0.3) is 0 Å². The highest BCUT2D eigenvalue weighted by molar-refractivity contribution is 5.95. The molecule has 200 valence electrons. The first-order valence-corrected chi connectivity index (χ1v) is 12.3. The Morgan fingerprint density at radius 2 is 1.63 bits per heavy atom. The summed E-state index contributed by atoms with van der Waals surface area (Å²) in [5.41, 5.74) is 5.42. The zero-order valence-corrected chi connectivity index (χ0v) is 21.3. The number of hydrogen-bond acceptors (Lipinski definition) is 11. The molecule has 0 fully saturated rings. The molecule has 38 heavy (non-hydrogen) atoms. The Balaban J connectivity index is 1.86. The number of rotatable bonds is 13. The molecule has 11 nitrogen and oxygen atoms in total. The fourth-order valence-electron chi connectivity index (χ4n) is 3.34. The normalized spacial score (nSPS) is 12.8. The Bertz CT molecular complexity index is 1450. The minimum absolute atomic E-state index is 0.0833. The Morgan fingerprint density at radius 1 is 0.921 bits per heavy atom. The number of esters is 1. The number of carbonyl (C=O) groups excluding carboxylic acids is 1.